The lowest BCUT2D eigenvalue weighted by atomic mass is 9.96. The van der Waals surface area contributed by atoms with Crippen molar-refractivity contribution in [1.29, 1.82) is 0 Å². The van der Waals surface area contributed by atoms with Crippen molar-refractivity contribution in [2.24, 2.45) is 5.92 Å². The van der Waals surface area contributed by atoms with Gasteiger partial charge in [0.2, 0.25) is 5.91 Å². The van der Waals surface area contributed by atoms with Gasteiger partial charge in [-0.1, -0.05) is 35.9 Å². The van der Waals surface area contributed by atoms with Crippen LogP contribution in [0.4, 0.5) is 0 Å². The molecule has 0 spiro atoms. The Morgan fingerprint density at radius 2 is 1.80 bits per heavy atom. The Morgan fingerprint density at radius 3 is 2.50 bits per heavy atom. The average molecular weight is 408 g/mol. The highest BCUT2D eigenvalue weighted by molar-refractivity contribution is 5.94. The van der Waals surface area contributed by atoms with Gasteiger partial charge in [-0.2, -0.15) is 0 Å². The minimum Gasteiger partial charge on any atom is -0.427 e. The predicted molar refractivity (Wildman–Crippen MR) is 114 cm³/mol. The fourth-order valence-electron chi connectivity index (χ4n) is 3.70. The van der Waals surface area contributed by atoms with Gasteiger partial charge in [-0.25, -0.2) is 0 Å². The first-order chi connectivity index (χ1) is 14.4. The maximum atomic E-state index is 12.6. The van der Waals surface area contributed by atoms with Crippen molar-refractivity contribution in [2.45, 2.75) is 33.1 Å². The molecule has 1 aliphatic heterocycles. The third kappa shape index (κ3) is 6.17. The molecule has 30 heavy (non-hydrogen) atoms. The van der Waals surface area contributed by atoms with Crippen molar-refractivity contribution in [3.05, 3.63) is 65.2 Å². The molecule has 1 saturated heterocycles. The smallest absolute Gasteiger partial charge is 0.308 e. The van der Waals surface area contributed by atoms with Crippen LogP contribution in [0.1, 0.15) is 41.3 Å². The summed E-state index contributed by atoms with van der Waals surface area (Å²) >= 11 is 0. The zero-order valence-electron chi connectivity index (χ0n) is 17.5. The molecule has 1 N–H and O–H groups in total. The Kier molecular flexibility index (Phi) is 7.22. The van der Waals surface area contributed by atoms with Crippen LogP contribution in [0, 0.1) is 12.8 Å². The van der Waals surface area contributed by atoms with Gasteiger partial charge in [0.1, 0.15) is 5.75 Å². The van der Waals surface area contributed by atoms with Gasteiger partial charge in [0.15, 0.2) is 0 Å². The molecule has 0 radical (unpaired) electrons. The number of hydrogen-bond donors (Lipinski definition) is 1. The van der Waals surface area contributed by atoms with Gasteiger partial charge in [-0.3, -0.25) is 14.4 Å². The maximum absolute atomic E-state index is 12.6. The van der Waals surface area contributed by atoms with Crippen LogP contribution < -0.4 is 10.1 Å². The molecule has 1 fully saturated rings. The van der Waals surface area contributed by atoms with E-state index in [0.717, 1.165) is 24.0 Å². The molecule has 1 aliphatic rings. The topological polar surface area (TPSA) is 75.7 Å². The van der Waals surface area contributed by atoms with Crippen molar-refractivity contribution in [1.82, 2.24) is 10.2 Å². The normalized spacial score (nSPS) is 14.3. The van der Waals surface area contributed by atoms with Crippen LogP contribution in [0.3, 0.4) is 0 Å². The summed E-state index contributed by atoms with van der Waals surface area (Å²) in [4.78, 5) is 38.0. The monoisotopic (exact) mass is 408 g/mol. The number of nitrogens with one attached hydrogen (secondary N) is 1. The van der Waals surface area contributed by atoms with Gasteiger partial charge in [-0.15, -0.1) is 0 Å². The molecule has 0 aliphatic carbocycles. The van der Waals surface area contributed by atoms with Gasteiger partial charge in [0.25, 0.3) is 5.91 Å². The van der Waals surface area contributed by atoms with Gasteiger partial charge < -0.3 is 15.0 Å². The maximum Gasteiger partial charge on any atom is 0.308 e. The number of esters is 1. The summed E-state index contributed by atoms with van der Waals surface area (Å²) in [6.07, 6.45) is 2.17. The highest BCUT2D eigenvalue weighted by Gasteiger charge is 2.23. The molecule has 3 rings (SSSR count). The van der Waals surface area contributed by atoms with E-state index in [2.05, 4.69) is 11.4 Å². The molecule has 0 saturated carbocycles. The first kappa shape index (κ1) is 21.6. The number of carbonyl (C=O) groups is 3. The van der Waals surface area contributed by atoms with Crippen molar-refractivity contribution in [3.8, 4) is 5.75 Å². The first-order valence-corrected chi connectivity index (χ1v) is 10.3. The molecular weight excluding hydrogens is 380 g/mol. The Bertz CT molecular complexity index is 917. The lowest BCUT2D eigenvalue weighted by Crippen LogP contribution is -2.42. The van der Waals surface area contributed by atoms with Gasteiger partial charge in [0.05, 0.1) is 6.42 Å². The second-order valence-electron chi connectivity index (χ2n) is 7.82. The summed E-state index contributed by atoms with van der Waals surface area (Å²) in [7, 11) is 0. The summed E-state index contributed by atoms with van der Waals surface area (Å²) in [6, 6.07) is 14.6. The van der Waals surface area contributed by atoms with Crippen molar-refractivity contribution in [2.75, 3.05) is 19.6 Å². The summed E-state index contributed by atoms with van der Waals surface area (Å²) in [5.41, 5.74) is 2.66. The number of ether oxygens (including phenoxy) is 1. The summed E-state index contributed by atoms with van der Waals surface area (Å²) < 4.78 is 5.03. The Hall–Kier alpha value is -3.15. The number of amides is 2. The standard InChI is InChI=1S/C24H28N2O4/c1-17-5-3-6-20(13-17)14-23(28)26-11-9-19(10-12-26)16-25-24(29)21-7-4-8-22(15-21)30-18(2)27/h3-8,13,15,19H,9-12,14,16H2,1-2H3,(H,25,29). The van der Waals surface area contributed by atoms with Crippen LogP contribution in [0.25, 0.3) is 0 Å². The second-order valence-corrected chi connectivity index (χ2v) is 7.82. The molecule has 2 aromatic rings. The second kappa shape index (κ2) is 10.1. The van der Waals surface area contributed by atoms with Gasteiger partial charge >= 0.3 is 5.97 Å². The van der Waals surface area contributed by atoms with Crippen LogP contribution in [0.2, 0.25) is 0 Å². The van der Waals surface area contributed by atoms with Crippen LogP contribution in [0.5, 0.6) is 5.75 Å². The highest BCUT2D eigenvalue weighted by Crippen LogP contribution is 2.19. The van der Waals surface area contributed by atoms with E-state index in [4.69, 9.17) is 4.74 Å². The van der Waals surface area contributed by atoms with Gasteiger partial charge in [0, 0.05) is 32.1 Å². The number of piperidine rings is 1. The lowest BCUT2D eigenvalue weighted by Gasteiger charge is -2.32. The number of likely N-dealkylation sites (tertiary alicyclic amines) is 1. The van der Waals surface area contributed by atoms with Gasteiger partial charge in [-0.05, 0) is 49.4 Å². The summed E-state index contributed by atoms with van der Waals surface area (Å²) in [5.74, 6) is 0.243. The fraction of sp³-hybridized carbons (Fsp3) is 0.375. The Balaban J connectivity index is 1.44. The first-order valence-electron chi connectivity index (χ1n) is 10.3. The van der Waals surface area contributed by atoms with E-state index in [1.807, 2.05) is 30.0 Å². The molecule has 0 unspecified atom stereocenters. The number of rotatable bonds is 6. The number of nitrogens with zero attached hydrogens (tertiary/aromatic N) is 1. The summed E-state index contributed by atoms with van der Waals surface area (Å²) in [5, 5.41) is 2.96. The molecule has 158 valence electrons. The van der Waals surface area contributed by atoms with E-state index < -0.39 is 5.97 Å². The van der Waals surface area contributed by atoms with E-state index in [-0.39, 0.29) is 11.8 Å². The molecule has 2 amide bonds. The van der Waals surface area contributed by atoms with Crippen molar-refractivity contribution >= 4 is 17.8 Å². The van der Waals surface area contributed by atoms with E-state index >= 15 is 0 Å². The minimum absolute atomic E-state index is 0.158. The van der Waals surface area contributed by atoms with Crippen molar-refractivity contribution in [3.63, 3.8) is 0 Å². The largest absolute Gasteiger partial charge is 0.427 e. The molecular formula is C24H28N2O4. The number of carbonyl (C=O) groups excluding carboxylic acids is 3. The SMILES string of the molecule is CC(=O)Oc1cccc(C(=O)NCC2CCN(C(=O)Cc3cccc(C)c3)CC2)c1. The van der Waals surface area contributed by atoms with Crippen LogP contribution >= 0.6 is 0 Å². The summed E-state index contributed by atoms with van der Waals surface area (Å²) in [6.45, 7) is 5.35. The molecule has 2 aromatic carbocycles. The fourth-order valence-corrected chi connectivity index (χ4v) is 3.70. The lowest BCUT2D eigenvalue weighted by molar-refractivity contribution is -0.132. The number of benzene rings is 2. The highest BCUT2D eigenvalue weighted by atomic mass is 16.5. The average Bonchev–Trinajstić information content (AvgIpc) is 2.72. The Labute approximate surface area is 177 Å². The van der Waals surface area contributed by atoms with Crippen LogP contribution in [0.15, 0.2) is 48.5 Å². The molecule has 1 heterocycles. The van der Waals surface area contributed by atoms with E-state index in [9.17, 15) is 14.4 Å². The quantitative estimate of drug-likeness (QED) is 0.589. The Morgan fingerprint density at radius 1 is 1.07 bits per heavy atom. The molecule has 0 atom stereocenters. The van der Waals surface area contributed by atoms with E-state index in [0.29, 0.717) is 43.3 Å². The van der Waals surface area contributed by atoms with Crippen LogP contribution in [-0.4, -0.2) is 42.3 Å². The van der Waals surface area contributed by atoms with E-state index in [1.165, 1.54) is 6.92 Å². The predicted octanol–water partition coefficient (Wildman–Crippen LogP) is 3.13. The minimum atomic E-state index is -0.420. The van der Waals surface area contributed by atoms with E-state index in [1.54, 1.807) is 24.3 Å². The number of hydrogen-bond acceptors (Lipinski definition) is 4. The third-order valence-corrected chi connectivity index (χ3v) is 5.31. The molecule has 0 aromatic heterocycles. The zero-order valence-corrected chi connectivity index (χ0v) is 17.5. The zero-order chi connectivity index (χ0) is 21.5. The van der Waals surface area contributed by atoms with Crippen molar-refractivity contribution < 1.29 is 19.1 Å². The molecule has 6 nitrogen and oxygen atoms in total. The van der Waals surface area contributed by atoms with Crippen LogP contribution in [-0.2, 0) is 16.0 Å². The molecule has 0 bridgehead atoms. The third-order valence-electron chi connectivity index (χ3n) is 5.31. The number of aryl methyl sites for hydroxylation is 1. The molecule has 6 heteroatoms.